The first-order chi connectivity index (χ1) is 9.59. The lowest BCUT2D eigenvalue weighted by Crippen LogP contribution is -2.18. The van der Waals surface area contributed by atoms with Gasteiger partial charge in [0.05, 0.1) is 16.8 Å². The van der Waals surface area contributed by atoms with Crippen molar-refractivity contribution in [2.75, 3.05) is 4.72 Å². The minimum absolute atomic E-state index is 0.163. The van der Waals surface area contributed by atoms with E-state index in [0.29, 0.717) is 6.07 Å². The number of anilines is 1. The first-order valence-electron chi connectivity index (χ1n) is 5.44. The van der Waals surface area contributed by atoms with Crippen LogP contribution in [0, 0.1) is 5.82 Å². The fourth-order valence-electron chi connectivity index (χ4n) is 1.62. The summed E-state index contributed by atoms with van der Waals surface area (Å²) in [7, 11) is -6.78. The summed E-state index contributed by atoms with van der Waals surface area (Å²) in [5, 5.41) is 8.43. The van der Waals surface area contributed by atoms with E-state index in [2.05, 4.69) is 9.82 Å². The SMILES string of the molecule is Cn1nccc1S(=O)(=O)Nc1cc(F)cc(S(N)(=O)=O)c1. The average molecular weight is 334 g/mol. The van der Waals surface area contributed by atoms with Crippen LogP contribution in [-0.2, 0) is 27.1 Å². The first-order valence-corrected chi connectivity index (χ1v) is 8.47. The van der Waals surface area contributed by atoms with Gasteiger partial charge >= 0.3 is 0 Å². The van der Waals surface area contributed by atoms with Crippen LogP contribution in [-0.4, -0.2) is 26.6 Å². The molecular formula is C10H11FN4O4S2. The Hall–Kier alpha value is -1.98. The number of primary sulfonamides is 1. The van der Waals surface area contributed by atoms with Gasteiger partial charge in [-0.25, -0.2) is 17.9 Å². The molecule has 0 atom stereocenters. The van der Waals surface area contributed by atoms with Crippen molar-refractivity contribution >= 4 is 25.7 Å². The van der Waals surface area contributed by atoms with Crippen LogP contribution < -0.4 is 9.86 Å². The van der Waals surface area contributed by atoms with Gasteiger partial charge in [-0.2, -0.15) is 13.5 Å². The van der Waals surface area contributed by atoms with Crippen LogP contribution in [0.4, 0.5) is 10.1 Å². The molecule has 2 aromatic rings. The fourth-order valence-corrected chi connectivity index (χ4v) is 3.35. The van der Waals surface area contributed by atoms with E-state index in [1.165, 1.54) is 19.3 Å². The highest BCUT2D eigenvalue weighted by molar-refractivity contribution is 7.92. The highest BCUT2D eigenvalue weighted by Crippen LogP contribution is 2.20. The number of hydrogen-bond donors (Lipinski definition) is 2. The van der Waals surface area contributed by atoms with E-state index >= 15 is 0 Å². The van der Waals surface area contributed by atoms with Gasteiger partial charge in [0.25, 0.3) is 10.0 Å². The zero-order valence-corrected chi connectivity index (χ0v) is 12.3. The molecular weight excluding hydrogens is 323 g/mol. The van der Waals surface area contributed by atoms with Crippen molar-refractivity contribution in [2.45, 2.75) is 9.92 Å². The molecule has 0 bridgehead atoms. The van der Waals surface area contributed by atoms with Gasteiger partial charge in [0.15, 0.2) is 5.03 Å². The van der Waals surface area contributed by atoms with Gasteiger partial charge in [0.2, 0.25) is 10.0 Å². The van der Waals surface area contributed by atoms with Crippen LogP contribution in [0.25, 0.3) is 0 Å². The van der Waals surface area contributed by atoms with Crippen LogP contribution in [0.5, 0.6) is 0 Å². The molecule has 0 aliphatic heterocycles. The molecule has 114 valence electrons. The number of rotatable bonds is 4. The van der Waals surface area contributed by atoms with Crippen molar-refractivity contribution in [1.29, 1.82) is 0 Å². The van der Waals surface area contributed by atoms with Crippen molar-refractivity contribution < 1.29 is 21.2 Å². The van der Waals surface area contributed by atoms with Gasteiger partial charge in [-0.3, -0.25) is 9.40 Å². The van der Waals surface area contributed by atoms with Gasteiger partial charge in [-0.15, -0.1) is 0 Å². The summed E-state index contributed by atoms with van der Waals surface area (Å²) in [6.45, 7) is 0. The standard InChI is InChI=1S/C10H11FN4O4S2/c1-15-10(2-3-13-15)21(18,19)14-8-4-7(11)5-9(6-8)20(12,16)17/h2-6,14H,1H3,(H2,12,16,17). The maximum Gasteiger partial charge on any atom is 0.279 e. The lowest BCUT2D eigenvalue weighted by molar-refractivity contribution is 0.581. The second-order valence-electron chi connectivity index (χ2n) is 4.12. The highest BCUT2D eigenvalue weighted by atomic mass is 32.2. The van der Waals surface area contributed by atoms with E-state index in [1.54, 1.807) is 0 Å². The van der Waals surface area contributed by atoms with Crippen LogP contribution in [0.1, 0.15) is 0 Å². The minimum atomic E-state index is -4.16. The Morgan fingerprint density at radius 2 is 1.90 bits per heavy atom. The lowest BCUT2D eigenvalue weighted by Gasteiger charge is -2.09. The van der Waals surface area contributed by atoms with Crippen LogP contribution in [0.2, 0.25) is 0 Å². The topological polar surface area (TPSA) is 124 Å². The second-order valence-corrected chi connectivity index (χ2v) is 7.31. The van der Waals surface area contributed by atoms with E-state index in [0.717, 1.165) is 16.8 Å². The maximum absolute atomic E-state index is 13.4. The van der Waals surface area contributed by atoms with Gasteiger partial charge in [-0.05, 0) is 24.3 Å². The molecule has 21 heavy (non-hydrogen) atoms. The molecule has 0 saturated heterocycles. The van der Waals surface area contributed by atoms with Crippen molar-refractivity contribution in [3.63, 3.8) is 0 Å². The molecule has 1 aromatic heterocycles. The lowest BCUT2D eigenvalue weighted by atomic mass is 10.3. The molecule has 0 spiro atoms. The Labute approximate surface area is 120 Å². The quantitative estimate of drug-likeness (QED) is 0.815. The van der Waals surface area contributed by atoms with Crippen molar-refractivity contribution in [2.24, 2.45) is 12.2 Å². The van der Waals surface area contributed by atoms with Gasteiger partial charge < -0.3 is 0 Å². The van der Waals surface area contributed by atoms with E-state index in [9.17, 15) is 21.2 Å². The maximum atomic E-state index is 13.4. The molecule has 0 unspecified atom stereocenters. The number of sulfonamides is 2. The number of benzene rings is 1. The Balaban J connectivity index is 2.45. The number of aromatic nitrogens is 2. The number of nitrogens with one attached hydrogen (secondary N) is 1. The van der Waals surface area contributed by atoms with Crippen LogP contribution in [0.15, 0.2) is 40.4 Å². The summed E-state index contributed by atoms with van der Waals surface area (Å²) in [6, 6.07) is 3.69. The zero-order chi connectivity index (χ0) is 15.8. The van der Waals surface area contributed by atoms with Crippen LogP contribution >= 0.6 is 0 Å². The summed E-state index contributed by atoms with van der Waals surface area (Å²) in [5.41, 5.74) is -0.264. The molecule has 8 nitrogen and oxygen atoms in total. The monoisotopic (exact) mass is 334 g/mol. The molecule has 0 amide bonds. The third-order valence-corrected chi connectivity index (χ3v) is 4.85. The van der Waals surface area contributed by atoms with Crippen molar-refractivity contribution in [3.05, 3.63) is 36.3 Å². The molecule has 0 saturated carbocycles. The summed E-state index contributed by atoms with van der Waals surface area (Å²) < 4.78 is 63.1. The fraction of sp³-hybridized carbons (Fsp3) is 0.100. The Kier molecular flexibility index (Phi) is 3.74. The molecule has 0 aliphatic rings. The van der Waals surface area contributed by atoms with Crippen molar-refractivity contribution in [1.82, 2.24) is 9.78 Å². The number of halogens is 1. The summed E-state index contributed by atoms with van der Waals surface area (Å²) >= 11 is 0. The predicted molar refractivity (Wildman–Crippen MR) is 71.8 cm³/mol. The van der Waals surface area contributed by atoms with Gasteiger partial charge in [0, 0.05) is 7.05 Å². The molecule has 11 heteroatoms. The Bertz CT molecular complexity index is 890. The summed E-state index contributed by atoms with van der Waals surface area (Å²) in [5.74, 6) is -0.941. The number of aryl methyl sites for hydroxylation is 1. The molecule has 1 aromatic carbocycles. The van der Waals surface area contributed by atoms with E-state index in [-0.39, 0.29) is 10.7 Å². The van der Waals surface area contributed by atoms with Crippen LogP contribution in [0.3, 0.4) is 0 Å². The normalized spacial score (nSPS) is 12.3. The molecule has 1 heterocycles. The number of nitrogens with zero attached hydrogens (tertiary/aromatic N) is 2. The smallest absolute Gasteiger partial charge is 0.278 e. The average Bonchev–Trinajstić information content (AvgIpc) is 2.73. The molecule has 3 N–H and O–H groups in total. The van der Waals surface area contributed by atoms with Crippen molar-refractivity contribution in [3.8, 4) is 0 Å². The molecule has 0 aliphatic carbocycles. The summed E-state index contributed by atoms with van der Waals surface area (Å²) in [4.78, 5) is -0.537. The van der Waals surface area contributed by atoms with E-state index in [4.69, 9.17) is 5.14 Å². The number of nitrogens with two attached hydrogens (primary N) is 1. The second kappa shape index (κ2) is 5.09. The highest BCUT2D eigenvalue weighted by Gasteiger charge is 2.20. The van der Waals surface area contributed by atoms with Gasteiger partial charge in [-0.1, -0.05) is 0 Å². The first kappa shape index (κ1) is 15.4. The molecule has 2 rings (SSSR count). The Morgan fingerprint density at radius 3 is 2.43 bits per heavy atom. The van der Waals surface area contributed by atoms with Gasteiger partial charge in [0.1, 0.15) is 5.82 Å². The minimum Gasteiger partial charge on any atom is -0.278 e. The van der Waals surface area contributed by atoms with E-state index in [1.807, 2.05) is 0 Å². The molecule has 0 fully saturated rings. The largest absolute Gasteiger partial charge is 0.279 e. The third-order valence-electron chi connectivity index (χ3n) is 2.50. The Morgan fingerprint density at radius 1 is 1.24 bits per heavy atom. The number of hydrogen-bond acceptors (Lipinski definition) is 5. The summed E-state index contributed by atoms with van der Waals surface area (Å²) in [6.07, 6.45) is 1.27. The predicted octanol–water partition coefficient (Wildman–Crippen LogP) is 0.00740. The van der Waals surface area contributed by atoms with E-state index < -0.39 is 30.8 Å². The zero-order valence-electron chi connectivity index (χ0n) is 10.7. The third kappa shape index (κ3) is 3.37. The molecule has 0 radical (unpaired) electrons.